The van der Waals surface area contributed by atoms with Crippen molar-refractivity contribution < 1.29 is 19.1 Å². The van der Waals surface area contributed by atoms with E-state index in [0.29, 0.717) is 10.2 Å². The number of hydrogen-bond donors (Lipinski definition) is 2. The first-order valence-corrected chi connectivity index (χ1v) is 5.83. The van der Waals surface area contributed by atoms with E-state index in [-0.39, 0.29) is 12.0 Å². The highest BCUT2D eigenvalue weighted by atomic mass is 16.7. The summed E-state index contributed by atoms with van der Waals surface area (Å²) in [7, 11) is 7.45. The van der Waals surface area contributed by atoms with E-state index in [1.165, 1.54) is 0 Å². The summed E-state index contributed by atoms with van der Waals surface area (Å²) in [5.74, 6) is 0.121. The zero-order valence-corrected chi connectivity index (χ0v) is 11.5. The van der Waals surface area contributed by atoms with Crippen molar-refractivity contribution in [2.45, 2.75) is 12.8 Å². The minimum atomic E-state index is -0.227. The number of nitrogens with zero attached hydrogens (tertiary/aromatic N) is 1. The fourth-order valence-electron chi connectivity index (χ4n) is 1.91. The minimum Gasteiger partial charge on any atom is -0.506 e. The summed E-state index contributed by atoms with van der Waals surface area (Å²) in [5.41, 5.74) is 7.16. The normalized spacial score (nSPS) is 12.1. The average Bonchev–Trinajstić information content (AvgIpc) is 2.30. The SMILES string of the molecule is COC(C[N+](C)(C)Cc1ccc(O)c(N)c1)OC. The number of phenolic OH excluding ortho intramolecular Hbond substituents is 1. The van der Waals surface area contributed by atoms with Crippen LogP contribution in [0.15, 0.2) is 18.2 Å². The van der Waals surface area contributed by atoms with Crippen molar-refractivity contribution in [2.24, 2.45) is 0 Å². The Bertz CT molecular complexity index is 390. The molecular weight excluding hydrogens is 232 g/mol. The molecule has 0 aliphatic rings. The van der Waals surface area contributed by atoms with E-state index in [4.69, 9.17) is 15.2 Å². The van der Waals surface area contributed by atoms with Gasteiger partial charge in [0, 0.05) is 19.8 Å². The second-order valence-electron chi connectivity index (χ2n) is 5.07. The third kappa shape index (κ3) is 4.18. The van der Waals surface area contributed by atoms with Gasteiger partial charge in [-0.3, -0.25) is 0 Å². The number of aromatic hydroxyl groups is 1. The van der Waals surface area contributed by atoms with Crippen LogP contribution in [0.25, 0.3) is 0 Å². The van der Waals surface area contributed by atoms with Crippen molar-refractivity contribution in [3.8, 4) is 5.75 Å². The number of methoxy groups -OCH3 is 2. The van der Waals surface area contributed by atoms with Crippen LogP contribution in [-0.4, -0.2) is 50.7 Å². The highest BCUT2D eigenvalue weighted by Gasteiger charge is 2.22. The molecule has 3 N–H and O–H groups in total. The molecule has 0 saturated heterocycles. The standard InChI is InChI=1S/C13H22N2O3/c1-15(2,9-13(17-3)18-4)8-10-5-6-12(16)11(14)7-10/h5-7,13H,8-9,14H2,1-4H3/p+1. The number of benzene rings is 1. The Labute approximate surface area is 108 Å². The van der Waals surface area contributed by atoms with Crippen LogP contribution in [0, 0.1) is 0 Å². The van der Waals surface area contributed by atoms with Gasteiger partial charge in [0.05, 0.1) is 19.8 Å². The van der Waals surface area contributed by atoms with E-state index < -0.39 is 0 Å². The number of nitrogens with two attached hydrogens (primary N) is 1. The van der Waals surface area contributed by atoms with Gasteiger partial charge in [0.15, 0.2) is 0 Å². The Morgan fingerprint density at radius 1 is 1.28 bits per heavy atom. The summed E-state index contributed by atoms with van der Waals surface area (Å²) in [6, 6.07) is 5.29. The van der Waals surface area contributed by atoms with Gasteiger partial charge in [-0.2, -0.15) is 0 Å². The van der Waals surface area contributed by atoms with Gasteiger partial charge < -0.3 is 24.8 Å². The molecule has 5 heteroatoms. The Morgan fingerprint density at radius 3 is 2.39 bits per heavy atom. The highest BCUT2D eigenvalue weighted by molar-refractivity contribution is 5.53. The highest BCUT2D eigenvalue weighted by Crippen LogP contribution is 2.22. The van der Waals surface area contributed by atoms with Crippen molar-refractivity contribution in [1.29, 1.82) is 0 Å². The number of anilines is 1. The third-order valence-corrected chi connectivity index (χ3v) is 2.87. The van der Waals surface area contributed by atoms with E-state index in [2.05, 4.69) is 14.1 Å². The van der Waals surface area contributed by atoms with Crippen LogP contribution in [-0.2, 0) is 16.0 Å². The molecule has 0 aromatic heterocycles. The zero-order chi connectivity index (χ0) is 13.8. The Kier molecular flexibility index (Phi) is 4.95. The van der Waals surface area contributed by atoms with Crippen LogP contribution in [0.3, 0.4) is 0 Å². The largest absolute Gasteiger partial charge is 0.506 e. The lowest BCUT2D eigenvalue weighted by atomic mass is 10.1. The number of quaternary nitrogens is 1. The molecule has 1 aromatic rings. The molecule has 0 atom stereocenters. The molecule has 0 fully saturated rings. The summed E-state index contributed by atoms with van der Waals surface area (Å²) >= 11 is 0. The van der Waals surface area contributed by atoms with Crippen LogP contribution >= 0.6 is 0 Å². The zero-order valence-electron chi connectivity index (χ0n) is 11.5. The summed E-state index contributed by atoms with van der Waals surface area (Å²) in [4.78, 5) is 0. The quantitative estimate of drug-likeness (QED) is 0.347. The van der Waals surface area contributed by atoms with Crippen molar-refractivity contribution in [3.05, 3.63) is 23.8 Å². The second kappa shape index (κ2) is 6.04. The lowest BCUT2D eigenvalue weighted by Crippen LogP contribution is -2.45. The monoisotopic (exact) mass is 255 g/mol. The van der Waals surface area contributed by atoms with Gasteiger partial charge in [0.25, 0.3) is 0 Å². The number of ether oxygens (including phenoxy) is 2. The Balaban J connectivity index is 2.72. The van der Waals surface area contributed by atoms with Crippen molar-refractivity contribution in [2.75, 3.05) is 40.6 Å². The maximum absolute atomic E-state index is 9.39. The molecule has 5 nitrogen and oxygen atoms in total. The molecule has 1 aromatic carbocycles. The predicted octanol–water partition coefficient (Wildman–Crippen LogP) is 1.17. The summed E-state index contributed by atoms with van der Waals surface area (Å²) in [6.45, 7) is 1.52. The molecule has 0 bridgehead atoms. The molecular formula is C13H23N2O3+. The molecule has 0 saturated carbocycles. The van der Waals surface area contributed by atoms with Crippen LogP contribution in [0.1, 0.15) is 5.56 Å². The molecule has 0 unspecified atom stereocenters. The number of likely N-dealkylation sites (N-methyl/N-ethyl adjacent to an activating group) is 1. The predicted molar refractivity (Wildman–Crippen MR) is 71.0 cm³/mol. The smallest absolute Gasteiger partial charge is 0.207 e. The molecule has 0 aliphatic carbocycles. The van der Waals surface area contributed by atoms with Gasteiger partial charge in [-0.05, 0) is 18.2 Å². The lowest BCUT2D eigenvalue weighted by Gasteiger charge is -2.32. The number of hydrogen-bond acceptors (Lipinski definition) is 4. The van der Waals surface area contributed by atoms with E-state index in [9.17, 15) is 5.11 Å². The first-order chi connectivity index (χ1) is 8.38. The van der Waals surface area contributed by atoms with Gasteiger partial charge in [-0.25, -0.2) is 0 Å². The van der Waals surface area contributed by atoms with Gasteiger partial charge in [0.2, 0.25) is 6.29 Å². The fourth-order valence-corrected chi connectivity index (χ4v) is 1.91. The Hall–Kier alpha value is -1.30. The minimum absolute atomic E-state index is 0.121. The van der Waals surface area contributed by atoms with Gasteiger partial charge in [-0.1, -0.05) is 0 Å². The van der Waals surface area contributed by atoms with Crippen LogP contribution in [0.4, 0.5) is 5.69 Å². The number of phenols is 1. The molecule has 0 heterocycles. The first-order valence-electron chi connectivity index (χ1n) is 5.83. The Morgan fingerprint density at radius 2 is 1.89 bits per heavy atom. The van der Waals surface area contributed by atoms with Crippen LogP contribution in [0.5, 0.6) is 5.75 Å². The molecule has 0 radical (unpaired) electrons. The maximum atomic E-state index is 9.39. The third-order valence-electron chi connectivity index (χ3n) is 2.87. The first kappa shape index (κ1) is 14.8. The van der Waals surface area contributed by atoms with E-state index in [1.807, 2.05) is 6.07 Å². The van der Waals surface area contributed by atoms with E-state index in [0.717, 1.165) is 18.7 Å². The molecule has 1 rings (SSSR count). The van der Waals surface area contributed by atoms with Gasteiger partial charge in [-0.15, -0.1) is 0 Å². The van der Waals surface area contributed by atoms with Crippen molar-refractivity contribution in [1.82, 2.24) is 0 Å². The topological polar surface area (TPSA) is 64.7 Å². The molecule has 0 spiro atoms. The summed E-state index contributed by atoms with van der Waals surface area (Å²) < 4.78 is 11.1. The van der Waals surface area contributed by atoms with Crippen molar-refractivity contribution in [3.63, 3.8) is 0 Å². The number of rotatable bonds is 6. The second-order valence-corrected chi connectivity index (χ2v) is 5.07. The lowest BCUT2D eigenvalue weighted by molar-refractivity contribution is -0.909. The molecule has 0 amide bonds. The van der Waals surface area contributed by atoms with Gasteiger partial charge in [0.1, 0.15) is 18.8 Å². The van der Waals surface area contributed by atoms with E-state index in [1.54, 1.807) is 26.4 Å². The van der Waals surface area contributed by atoms with Crippen molar-refractivity contribution >= 4 is 5.69 Å². The average molecular weight is 255 g/mol. The molecule has 102 valence electrons. The summed E-state index contributed by atoms with van der Waals surface area (Å²) in [5, 5.41) is 9.39. The molecule has 0 aliphatic heterocycles. The van der Waals surface area contributed by atoms with Crippen LogP contribution < -0.4 is 5.73 Å². The molecule has 18 heavy (non-hydrogen) atoms. The van der Waals surface area contributed by atoms with Gasteiger partial charge >= 0.3 is 0 Å². The van der Waals surface area contributed by atoms with Crippen LogP contribution in [0.2, 0.25) is 0 Å². The maximum Gasteiger partial charge on any atom is 0.207 e. The fraction of sp³-hybridized carbons (Fsp3) is 0.538. The summed E-state index contributed by atoms with van der Waals surface area (Å²) in [6.07, 6.45) is -0.227. The number of nitrogen functional groups attached to an aromatic ring is 1. The van der Waals surface area contributed by atoms with E-state index >= 15 is 0 Å².